The highest BCUT2D eigenvalue weighted by molar-refractivity contribution is 5.95. The van der Waals surface area contributed by atoms with Gasteiger partial charge in [0.1, 0.15) is 5.82 Å². The van der Waals surface area contributed by atoms with E-state index in [2.05, 4.69) is 47.7 Å². The molecule has 0 saturated heterocycles. The number of aromatic nitrogens is 4. The van der Waals surface area contributed by atoms with Gasteiger partial charge in [-0.05, 0) is 33.6 Å². The molecule has 0 saturated carbocycles. The van der Waals surface area contributed by atoms with Gasteiger partial charge in [-0.1, -0.05) is 6.92 Å². The molecule has 2 aromatic rings. The molecular formula is C17H25N5O. The number of fused-ring (bicyclic) bond motifs is 1. The molecule has 3 heterocycles. The van der Waals surface area contributed by atoms with E-state index < -0.39 is 0 Å². The van der Waals surface area contributed by atoms with Crippen LogP contribution in [0.3, 0.4) is 0 Å². The first-order valence-corrected chi connectivity index (χ1v) is 8.28. The predicted octanol–water partition coefficient (Wildman–Crippen LogP) is 2.14. The Bertz CT molecular complexity index is 707. The van der Waals surface area contributed by atoms with E-state index in [0.29, 0.717) is 5.56 Å². The van der Waals surface area contributed by atoms with Crippen molar-refractivity contribution in [2.75, 3.05) is 0 Å². The second kappa shape index (κ2) is 5.83. The minimum absolute atomic E-state index is 0.0223. The SMILES string of the molecule is CCc1c(C(=O)N[C@H]2CCc3nccn3C2)cnn1C(C)(C)C. The topological polar surface area (TPSA) is 64.7 Å². The van der Waals surface area contributed by atoms with Crippen molar-refractivity contribution in [2.24, 2.45) is 0 Å². The quantitative estimate of drug-likeness (QED) is 0.944. The van der Waals surface area contributed by atoms with Gasteiger partial charge in [-0.3, -0.25) is 9.48 Å². The van der Waals surface area contributed by atoms with Crippen molar-refractivity contribution in [1.82, 2.24) is 24.6 Å². The summed E-state index contributed by atoms with van der Waals surface area (Å²) in [5.74, 6) is 1.08. The minimum atomic E-state index is -0.125. The van der Waals surface area contributed by atoms with Crippen LogP contribution in [0.5, 0.6) is 0 Å². The Labute approximate surface area is 136 Å². The summed E-state index contributed by atoms with van der Waals surface area (Å²) in [6.07, 6.45) is 8.11. The lowest BCUT2D eigenvalue weighted by atomic mass is 10.1. The van der Waals surface area contributed by atoms with Crippen LogP contribution >= 0.6 is 0 Å². The van der Waals surface area contributed by atoms with E-state index in [9.17, 15) is 4.79 Å². The zero-order chi connectivity index (χ0) is 16.6. The van der Waals surface area contributed by atoms with Gasteiger partial charge in [-0.2, -0.15) is 5.10 Å². The molecule has 6 nitrogen and oxygen atoms in total. The number of nitrogens with zero attached hydrogens (tertiary/aromatic N) is 4. The second-order valence-electron chi connectivity index (χ2n) is 7.15. The van der Waals surface area contributed by atoms with E-state index in [1.807, 2.05) is 17.1 Å². The van der Waals surface area contributed by atoms with E-state index in [1.54, 1.807) is 6.20 Å². The van der Waals surface area contributed by atoms with E-state index >= 15 is 0 Å². The predicted molar refractivity (Wildman–Crippen MR) is 88.4 cm³/mol. The van der Waals surface area contributed by atoms with Crippen LogP contribution in [0.2, 0.25) is 0 Å². The van der Waals surface area contributed by atoms with Gasteiger partial charge in [-0.25, -0.2) is 4.98 Å². The van der Waals surface area contributed by atoms with Gasteiger partial charge in [0.2, 0.25) is 0 Å². The van der Waals surface area contributed by atoms with Gasteiger partial charge in [-0.15, -0.1) is 0 Å². The largest absolute Gasteiger partial charge is 0.347 e. The zero-order valence-electron chi connectivity index (χ0n) is 14.3. The molecule has 23 heavy (non-hydrogen) atoms. The molecule has 0 bridgehead atoms. The lowest BCUT2D eigenvalue weighted by molar-refractivity contribution is 0.0926. The highest BCUT2D eigenvalue weighted by Gasteiger charge is 2.26. The number of carbonyl (C=O) groups excluding carboxylic acids is 1. The molecule has 0 radical (unpaired) electrons. The van der Waals surface area contributed by atoms with Crippen LogP contribution in [-0.2, 0) is 24.9 Å². The molecule has 6 heteroatoms. The van der Waals surface area contributed by atoms with Crippen LogP contribution in [0.4, 0.5) is 0 Å². The first-order chi connectivity index (χ1) is 10.9. The number of amides is 1. The molecule has 1 atom stereocenters. The fourth-order valence-electron chi connectivity index (χ4n) is 3.23. The normalized spacial score (nSPS) is 17.8. The highest BCUT2D eigenvalue weighted by Crippen LogP contribution is 2.20. The molecule has 0 spiro atoms. The van der Waals surface area contributed by atoms with E-state index in [1.165, 1.54) is 0 Å². The Hall–Kier alpha value is -2.11. The summed E-state index contributed by atoms with van der Waals surface area (Å²) in [6.45, 7) is 9.15. The number of imidazole rings is 1. The average molecular weight is 315 g/mol. The maximum Gasteiger partial charge on any atom is 0.255 e. The van der Waals surface area contributed by atoms with E-state index in [4.69, 9.17) is 0 Å². The third kappa shape index (κ3) is 3.02. The molecule has 0 aromatic carbocycles. The molecule has 1 aliphatic heterocycles. The Morgan fingerprint density at radius 1 is 1.43 bits per heavy atom. The monoisotopic (exact) mass is 315 g/mol. The molecule has 0 fully saturated rings. The Morgan fingerprint density at radius 2 is 2.22 bits per heavy atom. The van der Waals surface area contributed by atoms with Crippen LogP contribution in [-0.4, -0.2) is 31.3 Å². The summed E-state index contributed by atoms with van der Waals surface area (Å²) >= 11 is 0. The number of hydrogen-bond donors (Lipinski definition) is 1. The van der Waals surface area contributed by atoms with Crippen LogP contribution in [0.25, 0.3) is 0 Å². The summed E-state index contributed by atoms with van der Waals surface area (Å²) in [5.41, 5.74) is 1.56. The number of rotatable bonds is 3. The number of nitrogens with one attached hydrogen (secondary N) is 1. The van der Waals surface area contributed by atoms with Gasteiger partial charge in [0.25, 0.3) is 5.91 Å². The van der Waals surface area contributed by atoms with Crippen molar-refractivity contribution >= 4 is 5.91 Å². The van der Waals surface area contributed by atoms with Crippen molar-refractivity contribution < 1.29 is 4.79 Å². The number of hydrogen-bond acceptors (Lipinski definition) is 3. The van der Waals surface area contributed by atoms with Crippen LogP contribution in [0.1, 0.15) is 56.0 Å². The van der Waals surface area contributed by atoms with Gasteiger partial charge in [0.05, 0.1) is 23.0 Å². The van der Waals surface area contributed by atoms with Crippen LogP contribution in [0, 0.1) is 0 Å². The first kappa shape index (κ1) is 15.8. The Kier molecular flexibility index (Phi) is 4.00. The third-order valence-electron chi connectivity index (χ3n) is 4.35. The Morgan fingerprint density at radius 3 is 2.91 bits per heavy atom. The average Bonchev–Trinajstić information content (AvgIpc) is 3.12. The summed E-state index contributed by atoms with van der Waals surface area (Å²) in [7, 11) is 0. The molecule has 1 amide bonds. The maximum absolute atomic E-state index is 12.7. The van der Waals surface area contributed by atoms with Gasteiger partial charge >= 0.3 is 0 Å². The zero-order valence-corrected chi connectivity index (χ0v) is 14.3. The van der Waals surface area contributed by atoms with Gasteiger partial charge in [0, 0.05) is 31.4 Å². The number of carbonyl (C=O) groups is 1. The van der Waals surface area contributed by atoms with Crippen molar-refractivity contribution in [3.63, 3.8) is 0 Å². The summed E-state index contributed by atoms with van der Waals surface area (Å²) in [6, 6.07) is 0.145. The summed E-state index contributed by atoms with van der Waals surface area (Å²) in [5, 5.41) is 7.61. The number of aryl methyl sites for hydroxylation is 1. The smallest absolute Gasteiger partial charge is 0.255 e. The standard InChI is InChI=1S/C17H25N5O/c1-5-14-13(10-19-22(14)17(2,3)4)16(23)20-12-6-7-15-18-8-9-21(15)11-12/h8-10,12H,5-7,11H2,1-4H3,(H,20,23)/t12-/m0/s1. The second-order valence-corrected chi connectivity index (χ2v) is 7.15. The first-order valence-electron chi connectivity index (χ1n) is 8.28. The fraction of sp³-hybridized carbons (Fsp3) is 0.588. The van der Waals surface area contributed by atoms with Gasteiger partial charge in [0.15, 0.2) is 0 Å². The molecule has 124 valence electrons. The molecular weight excluding hydrogens is 290 g/mol. The van der Waals surface area contributed by atoms with Crippen molar-refractivity contribution in [2.45, 2.75) is 65.1 Å². The lowest BCUT2D eigenvalue weighted by Gasteiger charge is -2.25. The van der Waals surface area contributed by atoms with E-state index in [-0.39, 0.29) is 17.5 Å². The molecule has 0 unspecified atom stereocenters. The van der Waals surface area contributed by atoms with Crippen molar-refractivity contribution in [1.29, 1.82) is 0 Å². The molecule has 1 N–H and O–H groups in total. The summed E-state index contributed by atoms with van der Waals surface area (Å²) < 4.78 is 4.07. The lowest BCUT2D eigenvalue weighted by Crippen LogP contribution is -2.41. The highest BCUT2D eigenvalue weighted by atomic mass is 16.1. The van der Waals surface area contributed by atoms with Gasteiger partial charge < -0.3 is 9.88 Å². The molecule has 0 aliphatic carbocycles. The third-order valence-corrected chi connectivity index (χ3v) is 4.35. The van der Waals surface area contributed by atoms with Crippen molar-refractivity contribution in [3.05, 3.63) is 35.7 Å². The van der Waals surface area contributed by atoms with Crippen LogP contribution in [0.15, 0.2) is 18.6 Å². The van der Waals surface area contributed by atoms with E-state index in [0.717, 1.165) is 37.3 Å². The molecule has 2 aromatic heterocycles. The summed E-state index contributed by atoms with van der Waals surface area (Å²) in [4.78, 5) is 17.0. The fourth-order valence-corrected chi connectivity index (χ4v) is 3.23. The molecule has 1 aliphatic rings. The van der Waals surface area contributed by atoms with Crippen LogP contribution < -0.4 is 5.32 Å². The van der Waals surface area contributed by atoms with Crippen molar-refractivity contribution in [3.8, 4) is 0 Å². The maximum atomic E-state index is 12.7. The Balaban J connectivity index is 1.76. The minimum Gasteiger partial charge on any atom is -0.347 e. The molecule has 3 rings (SSSR count).